The van der Waals surface area contributed by atoms with Crippen molar-refractivity contribution in [1.82, 2.24) is 20.8 Å². The Hall–Kier alpha value is -4.48. The number of hydrogen-bond donors (Lipinski definition) is 2. The number of carbonyl (C=O) groups is 2. The number of allylic oxidation sites excluding steroid dienone is 3. The van der Waals surface area contributed by atoms with Crippen LogP contribution in [0, 0.1) is 21.4 Å². The molecule has 192 valence electrons. The fraction of sp³-hybridized carbons (Fsp3) is 0.360. The first-order valence-electron chi connectivity index (χ1n) is 11.8. The third-order valence-electron chi connectivity index (χ3n) is 5.89. The Kier molecular flexibility index (Phi) is 7.66. The number of carbonyl (C=O) groups excluding carboxylic acids is 2. The van der Waals surface area contributed by atoms with Crippen molar-refractivity contribution in [1.29, 1.82) is 0 Å². The van der Waals surface area contributed by atoms with E-state index in [9.17, 15) is 19.7 Å². The quantitative estimate of drug-likeness (QED) is 0.345. The lowest BCUT2D eigenvalue weighted by Gasteiger charge is -2.27. The number of benzene rings is 1. The van der Waals surface area contributed by atoms with Crippen molar-refractivity contribution in [3.8, 4) is 11.4 Å². The van der Waals surface area contributed by atoms with Crippen LogP contribution >= 0.6 is 0 Å². The molecular formula is C25H27N7O5. The molecule has 2 aromatic rings. The fourth-order valence-electron chi connectivity index (χ4n) is 3.78. The highest BCUT2D eigenvalue weighted by Crippen LogP contribution is 2.28. The van der Waals surface area contributed by atoms with Crippen LogP contribution in [-0.4, -0.2) is 40.0 Å². The zero-order chi connectivity index (χ0) is 26.4. The average molecular weight is 506 g/mol. The summed E-state index contributed by atoms with van der Waals surface area (Å²) in [5, 5.41) is 28.8. The fourth-order valence-corrected chi connectivity index (χ4v) is 3.78. The Labute approximate surface area is 212 Å². The summed E-state index contributed by atoms with van der Waals surface area (Å²) in [6, 6.07) is 6.00. The number of aromatic nitrogens is 2. The van der Waals surface area contributed by atoms with Crippen LogP contribution in [-0.2, 0) is 16.0 Å². The lowest BCUT2D eigenvalue weighted by Crippen LogP contribution is -2.40. The van der Waals surface area contributed by atoms with Crippen molar-refractivity contribution in [3.63, 3.8) is 0 Å². The highest BCUT2D eigenvalue weighted by molar-refractivity contribution is 5.86. The predicted octanol–water partition coefficient (Wildman–Crippen LogP) is 3.65. The zero-order valence-corrected chi connectivity index (χ0v) is 20.5. The van der Waals surface area contributed by atoms with Crippen LogP contribution in [0.3, 0.4) is 0 Å². The summed E-state index contributed by atoms with van der Waals surface area (Å²) < 4.78 is 5.23. The van der Waals surface area contributed by atoms with Gasteiger partial charge >= 0.3 is 0 Å². The molecule has 4 rings (SSSR count). The van der Waals surface area contributed by atoms with Gasteiger partial charge in [-0.05, 0) is 11.8 Å². The topological polar surface area (TPSA) is 165 Å². The first-order chi connectivity index (χ1) is 17.7. The summed E-state index contributed by atoms with van der Waals surface area (Å²) in [6.45, 7) is 4.98. The maximum absolute atomic E-state index is 12.4. The molecule has 0 radical (unpaired) electrons. The third kappa shape index (κ3) is 6.60. The number of aryl methyl sites for hydroxylation is 1. The van der Waals surface area contributed by atoms with Crippen molar-refractivity contribution in [2.45, 2.75) is 33.1 Å². The van der Waals surface area contributed by atoms with Crippen molar-refractivity contribution in [2.24, 2.45) is 21.6 Å². The number of azo groups is 1. The summed E-state index contributed by atoms with van der Waals surface area (Å²) >= 11 is 0. The maximum atomic E-state index is 12.4. The molecule has 0 saturated heterocycles. The number of non-ortho nitro benzene ring substituents is 1. The van der Waals surface area contributed by atoms with Crippen molar-refractivity contribution in [3.05, 3.63) is 76.0 Å². The highest BCUT2D eigenvalue weighted by Gasteiger charge is 2.28. The van der Waals surface area contributed by atoms with Crippen LogP contribution in [0.25, 0.3) is 11.4 Å². The van der Waals surface area contributed by atoms with Gasteiger partial charge in [0.25, 0.3) is 11.6 Å². The molecule has 1 aliphatic carbocycles. The van der Waals surface area contributed by atoms with Gasteiger partial charge < -0.3 is 15.2 Å². The maximum Gasteiger partial charge on any atom is 0.276 e. The molecule has 2 amide bonds. The Morgan fingerprint density at radius 3 is 2.86 bits per heavy atom. The normalized spacial score (nSPS) is 16.6. The standard InChI is InChI=1S/C25H27N7O5/c1-25(2,15-27-23-18-9-3-4-10-19(18)24(34)30-29-23)14-26-20(33)11-6-12-21-28-22(31-37-21)16-7-5-8-17(13-16)32(35)36/h3-5,7-10,13,19,27H,6,11-12,14-15H2,1-2H3,(H,26,33). The molecule has 1 aromatic carbocycles. The zero-order valence-electron chi connectivity index (χ0n) is 20.5. The van der Waals surface area contributed by atoms with Crippen LogP contribution in [0.5, 0.6) is 0 Å². The van der Waals surface area contributed by atoms with Gasteiger partial charge in [0.1, 0.15) is 0 Å². The van der Waals surface area contributed by atoms with Gasteiger partial charge in [-0.1, -0.05) is 55.4 Å². The molecule has 12 nitrogen and oxygen atoms in total. The van der Waals surface area contributed by atoms with Gasteiger partial charge in [0.15, 0.2) is 5.82 Å². The highest BCUT2D eigenvalue weighted by atomic mass is 16.6. The Morgan fingerprint density at radius 2 is 2.05 bits per heavy atom. The molecule has 0 fully saturated rings. The summed E-state index contributed by atoms with van der Waals surface area (Å²) in [7, 11) is 0. The second-order valence-electron chi connectivity index (χ2n) is 9.53. The van der Waals surface area contributed by atoms with E-state index in [1.165, 1.54) is 12.1 Å². The van der Waals surface area contributed by atoms with Gasteiger partial charge in [0, 0.05) is 49.2 Å². The summed E-state index contributed by atoms with van der Waals surface area (Å²) in [5.74, 6) is 0.396. The summed E-state index contributed by atoms with van der Waals surface area (Å²) in [5.41, 5.74) is 0.935. The summed E-state index contributed by atoms with van der Waals surface area (Å²) in [6.07, 6.45) is 8.52. The average Bonchev–Trinajstić information content (AvgIpc) is 3.36. The van der Waals surface area contributed by atoms with Crippen LogP contribution in [0.1, 0.15) is 32.6 Å². The molecule has 2 N–H and O–H groups in total. The smallest absolute Gasteiger partial charge is 0.276 e. The second-order valence-corrected chi connectivity index (χ2v) is 9.53. The molecular weight excluding hydrogens is 478 g/mol. The van der Waals surface area contributed by atoms with E-state index in [1.54, 1.807) is 18.2 Å². The third-order valence-corrected chi connectivity index (χ3v) is 5.89. The largest absolute Gasteiger partial charge is 0.368 e. The van der Waals surface area contributed by atoms with E-state index < -0.39 is 10.8 Å². The molecule has 2 aliphatic rings. The predicted molar refractivity (Wildman–Crippen MR) is 133 cm³/mol. The molecule has 12 heteroatoms. The number of hydrogen-bond acceptors (Lipinski definition) is 9. The molecule has 0 bridgehead atoms. The van der Waals surface area contributed by atoms with E-state index in [1.807, 2.05) is 32.1 Å². The van der Waals surface area contributed by atoms with Crippen LogP contribution in [0.15, 0.2) is 74.7 Å². The van der Waals surface area contributed by atoms with E-state index >= 15 is 0 Å². The molecule has 0 saturated carbocycles. The van der Waals surface area contributed by atoms with Gasteiger partial charge in [-0.15, -0.1) is 10.2 Å². The van der Waals surface area contributed by atoms with Crippen molar-refractivity contribution in [2.75, 3.05) is 13.1 Å². The Morgan fingerprint density at radius 1 is 1.22 bits per heavy atom. The minimum Gasteiger partial charge on any atom is -0.368 e. The van der Waals surface area contributed by atoms with Gasteiger partial charge in [0.2, 0.25) is 17.6 Å². The number of nitrogens with zero attached hydrogens (tertiary/aromatic N) is 5. The van der Waals surface area contributed by atoms with E-state index in [0.717, 1.165) is 5.57 Å². The molecule has 1 aromatic heterocycles. The second kappa shape index (κ2) is 11.1. The first kappa shape index (κ1) is 25.6. The van der Waals surface area contributed by atoms with E-state index in [2.05, 4.69) is 31.0 Å². The van der Waals surface area contributed by atoms with Gasteiger partial charge in [-0.3, -0.25) is 19.7 Å². The molecule has 1 unspecified atom stereocenters. The van der Waals surface area contributed by atoms with Crippen LogP contribution in [0.2, 0.25) is 0 Å². The Balaban J connectivity index is 1.21. The number of amides is 2. The summed E-state index contributed by atoms with van der Waals surface area (Å²) in [4.78, 5) is 39.1. The number of nitro benzene ring substituents is 1. The number of nitrogens with one attached hydrogen (secondary N) is 2. The minimum absolute atomic E-state index is 0.0543. The van der Waals surface area contributed by atoms with Gasteiger partial charge in [-0.2, -0.15) is 4.98 Å². The van der Waals surface area contributed by atoms with E-state index in [-0.39, 0.29) is 35.2 Å². The van der Waals surface area contributed by atoms with Crippen molar-refractivity contribution >= 4 is 17.5 Å². The molecule has 1 atom stereocenters. The molecule has 1 aliphatic heterocycles. The van der Waals surface area contributed by atoms with Crippen LogP contribution in [0.4, 0.5) is 5.69 Å². The van der Waals surface area contributed by atoms with Crippen molar-refractivity contribution < 1.29 is 19.0 Å². The number of fused-ring (bicyclic) bond motifs is 1. The Bertz CT molecular complexity index is 1320. The van der Waals surface area contributed by atoms with E-state index in [4.69, 9.17) is 4.52 Å². The SMILES string of the molecule is CC(C)(CNC(=O)CCCc1nc(-c2cccc([N+](=O)[O-])c2)no1)CNC1=C2C=CC=CC2C(=O)N=N1. The lowest BCUT2D eigenvalue weighted by molar-refractivity contribution is -0.384. The minimum atomic E-state index is -0.484. The van der Waals surface area contributed by atoms with Gasteiger partial charge in [0.05, 0.1) is 10.8 Å². The molecule has 37 heavy (non-hydrogen) atoms. The van der Waals surface area contributed by atoms with Gasteiger partial charge in [-0.25, -0.2) is 0 Å². The monoisotopic (exact) mass is 505 g/mol. The van der Waals surface area contributed by atoms with E-state index in [0.29, 0.717) is 43.2 Å². The molecule has 2 heterocycles. The number of nitro groups is 1. The first-order valence-corrected chi connectivity index (χ1v) is 11.8. The lowest BCUT2D eigenvalue weighted by atomic mass is 9.91. The van der Waals surface area contributed by atoms with Crippen LogP contribution < -0.4 is 10.6 Å². The number of rotatable bonds is 11. The molecule has 0 spiro atoms.